The molecule has 3 N–H and O–H groups in total. The zero-order valence-corrected chi connectivity index (χ0v) is 38.8. The van der Waals surface area contributed by atoms with Crippen molar-refractivity contribution >= 4 is 50.5 Å². The van der Waals surface area contributed by atoms with Crippen LogP contribution in [0.2, 0.25) is 5.02 Å². The van der Waals surface area contributed by atoms with Gasteiger partial charge in [-0.3, -0.25) is 23.4 Å². The number of carbonyl (C=O) groups excluding carboxylic acids is 2. The van der Waals surface area contributed by atoms with Crippen LogP contribution in [0.15, 0.2) is 76.4 Å². The second kappa shape index (κ2) is 24.8. The largest absolute Gasteiger partial charge is 0.491 e. The smallest absolute Gasteiger partial charge is 0.333 e. The number of nitrogens with zero attached hydrogens (tertiary/aromatic N) is 3. The SMILES string of the molecule is CCCCCCCCCCCCCCCCCCOc1ccc(S(=O)(=O)Nc2ccccc2Cl)cc1NC(=O)C(CCn1c(O)c(OC)n(C)c1=O)C(=O)N1CCc2ccccc21. The number of aromatic hydroxyl groups is 1. The molecule has 3 aromatic carbocycles. The molecule has 13 nitrogen and oxygen atoms in total. The number of amides is 2. The van der Waals surface area contributed by atoms with Gasteiger partial charge in [-0.05, 0) is 61.2 Å². The molecule has 5 rings (SSSR count). The molecule has 1 unspecified atom stereocenters. The predicted octanol–water partition coefficient (Wildman–Crippen LogP) is 10.2. The predicted molar refractivity (Wildman–Crippen MR) is 251 cm³/mol. The van der Waals surface area contributed by atoms with Crippen molar-refractivity contribution in [3.05, 3.63) is 87.8 Å². The second-order valence-corrected chi connectivity index (χ2v) is 18.5. The molecule has 1 aliphatic rings. The van der Waals surface area contributed by atoms with Gasteiger partial charge in [0.1, 0.15) is 11.7 Å². The lowest BCUT2D eigenvalue weighted by atomic mass is 10.0. The van der Waals surface area contributed by atoms with Crippen LogP contribution in [0, 0.1) is 5.92 Å². The van der Waals surface area contributed by atoms with Gasteiger partial charge < -0.3 is 24.8 Å². The molecule has 0 saturated carbocycles. The number of benzene rings is 3. The molecule has 344 valence electrons. The summed E-state index contributed by atoms with van der Waals surface area (Å²) in [4.78, 5) is 43.3. The highest BCUT2D eigenvalue weighted by molar-refractivity contribution is 7.92. The Balaban J connectivity index is 1.26. The summed E-state index contributed by atoms with van der Waals surface area (Å²) in [6.07, 6.45) is 20.2. The molecule has 0 aliphatic carbocycles. The zero-order valence-electron chi connectivity index (χ0n) is 37.2. The average molecular weight is 909 g/mol. The summed E-state index contributed by atoms with van der Waals surface area (Å²) in [5, 5.41) is 13.8. The summed E-state index contributed by atoms with van der Waals surface area (Å²) in [7, 11) is -1.44. The highest BCUT2D eigenvalue weighted by Crippen LogP contribution is 2.34. The third-order valence-corrected chi connectivity index (χ3v) is 13.5. The lowest BCUT2D eigenvalue weighted by Crippen LogP contribution is -2.41. The number of para-hydroxylation sites is 2. The summed E-state index contributed by atoms with van der Waals surface area (Å²) in [5.74, 6) is -2.86. The van der Waals surface area contributed by atoms with Gasteiger partial charge in [-0.15, -0.1) is 0 Å². The van der Waals surface area contributed by atoms with Crippen molar-refractivity contribution in [2.75, 3.05) is 35.2 Å². The Kier molecular flexibility index (Phi) is 19.3. The second-order valence-electron chi connectivity index (χ2n) is 16.4. The van der Waals surface area contributed by atoms with Crippen molar-refractivity contribution < 1.29 is 32.6 Å². The van der Waals surface area contributed by atoms with Gasteiger partial charge in [-0.25, -0.2) is 13.2 Å². The van der Waals surface area contributed by atoms with Crippen LogP contribution in [0.25, 0.3) is 0 Å². The molecule has 0 radical (unpaired) electrons. The number of fused-ring (bicyclic) bond motifs is 1. The van der Waals surface area contributed by atoms with Gasteiger partial charge >= 0.3 is 5.69 Å². The average Bonchev–Trinajstić information content (AvgIpc) is 3.79. The van der Waals surface area contributed by atoms with Gasteiger partial charge in [0.25, 0.3) is 21.8 Å². The summed E-state index contributed by atoms with van der Waals surface area (Å²) < 4.78 is 43.5. The van der Waals surface area contributed by atoms with Crippen LogP contribution < -0.4 is 30.1 Å². The fraction of sp³-hybridized carbons (Fsp3) is 0.521. The van der Waals surface area contributed by atoms with Crippen molar-refractivity contribution in [3.63, 3.8) is 0 Å². The van der Waals surface area contributed by atoms with Crippen LogP contribution in [-0.4, -0.2) is 54.7 Å². The van der Waals surface area contributed by atoms with E-state index in [4.69, 9.17) is 21.1 Å². The van der Waals surface area contributed by atoms with Gasteiger partial charge in [-0.1, -0.05) is 145 Å². The Labute approximate surface area is 378 Å². The van der Waals surface area contributed by atoms with Crippen molar-refractivity contribution in [3.8, 4) is 17.5 Å². The van der Waals surface area contributed by atoms with E-state index in [-0.39, 0.29) is 45.9 Å². The number of nitrogens with one attached hydrogen (secondary N) is 2. The van der Waals surface area contributed by atoms with E-state index in [9.17, 15) is 27.9 Å². The Morgan fingerprint density at radius 1 is 0.825 bits per heavy atom. The van der Waals surface area contributed by atoms with Crippen LogP contribution in [0.3, 0.4) is 0 Å². The third kappa shape index (κ3) is 13.8. The molecule has 1 aliphatic heterocycles. The van der Waals surface area contributed by atoms with Gasteiger partial charge in [0.15, 0.2) is 0 Å². The summed E-state index contributed by atoms with van der Waals surface area (Å²) in [5.41, 5.74) is 1.29. The van der Waals surface area contributed by atoms with Crippen LogP contribution in [-0.2, 0) is 39.6 Å². The number of imidazole rings is 1. The minimum absolute atomic E-state index is 0.0551. The van der Waals surface area contributed by atoms with Crippen molar-refractivity contribution in [1.29, 1.82) is 0 Å². The van der Waals surface area contributed by atoms with Gasteiger partial charge in [-0.2, -0.15) is 0 Å². The Bertz CT molecular complexity index is 2280. The lowest BCUT2D eigenvalue weighted by molar-refractivity contribution is -0.131. The molecule has 0 spiro atoms. The number of unbranched alkanes of at least 4 members (excludes halogenated alkanes) is 15. The molecule has 2 heterocycles. The number of halogens is 1. The molecule has 2 amide bonds. The first-order valence-electron chi connectivity index (χ1n) is 22.7. The molecule has 0 bridgehead atoms. The van der Waals surface area contributed by atoms with Crippen LogP contribution in [0.1, 0.15) is 122 Å². The molecule has 1 atom stereocenters. The van der Waals surface area contributed by atoms with E-state index in [0.29, 0.717) is 25.3 Å². The number of anilines is 3. The van der Waals surface area contributed by atoms with Crippen molar-refractivity contribution in [1.82, 2.24) is 9.13 Å². The standard InChI is InChI=1S/C48H66ClN5O8S/c1-4-5-6-7-8-9-10-11-12-13-14-15-16-17-18-23-34-62-43-29-28-37(63(59,60)51-40-26-21-20-25-39(40)49)35-41(43)50-44(55)38(31-33-54-46(57)47(61-3)52(2)48(54)58)45(56)53-32-30-36-24-19-22-27-42(36)53/h19-22,24-29,35,38,51,57H,4-18,23,30-34H2,1-3H3,(H,50,55). The molecule has 0 fully saturated rings. The fourth-order valence-electron chi connectivity index (χ4n) is 8.13. The minimum Gasteiger partial charge on any atom is -0.491 e. The maximum atomic E-state index is 14.4. The number of ether oxygens (including phenoxy) is 2. The van der Waals surface area contributed by atoms with E-state index in [0.717, 1.165) is 40.4 Å². The first-order chi connectivity index (χ1) is 30.5. The number of aromatic nitrogens is 2. The Hall–Kier alpha value is -4.95. The van der Waals surface area contributed by atoms with Crippen molar-refractivity contribution in [2.45, 2.75) is 134 Å². The molecule has 15 heteroatoms. The lowest BCUT2D eigenvalue weighted by Gasteiger charge is -2.24. The number of methoxy groups -OCH3 is 1. The van der Waals surface area contributed by atoms with E-state index in [1.165, 1.54) is 115 Å². The third-order valence-electron chi connectivity index (χ3n) is 11.8. The van der Waals surface area contributed by atoms with E-state index in [1.807, 2.05) is 24.3 Å². The molecule has 4 aromatic rings. The number of hydrogen-bond donors (Lipinski definition) is 3. The molecular formula is C48H66ClN5O8S. The summed E-state index contributed by atoms with van der Waals surface area (Å²) >= 11 is 6.28. The van der Waals surface area contributed by atoms with Crippen LogP contribution in [0.5, 0.6) is 17.5 Å². The highest BCUT2D eigenvalue weighted by atomic mass is 35.5. The van der Waals surface area contributed by atoms with E-state index >= 15 is 0 Å². The van der Waals surface area contributed by atoms with Gasteiger partial charge in [0.05, 0.1) is 35.0 Å². The Morgan fingerprint density at radius 3 is 2.05 bits per heavy atom. The van der Waals surface area contributed by atoms with E-state index in [2.05, 4.69) is 17.0 Å². The molecule has 1 aromatic heterocycles. The number of carbonyl (C=O) groups is 2. The maximum Gasteiger partial charge on any atom is 0.333 e. The zero-order chi connectivity index (χ0) is 45.2. The molecule has 0 saturated heterocycles. The highest BCUT2D eigenvalue weighted by Gasteiger charge is 2.35. The number of sulfonamides is 1. The van der Waals surface area contributed by atoms with Crippen molar-refractivity contribution in [2.24, 2.45) is 13.0 Å². The first-order valence-corrected chi connectivity index (χ1v) is 24.6. The van der Waals surface area contributed by atoms with Crippen LogP contribution >= 0.6 is 11.6 Å². The topological polar surface area (TPSA) is 161 Å². The number of rotatable bonds is 28. The fourth-order valence-corrected chi connectivity index (χ4v) is 9.48. The van der Waals surface area contributed by atoms with Gasteiger partial charge in [0, 0.05) is 25.8 Å². The van der Waals surface area contributed by atoms with Crippen LogP contribution in [0.4, 0.5) is 17.1 Å². The first kappa shape index (κ1) is 49.1. The molecular weight excluding hydrogens is 842 g/mol. The summed E-state index contributed by atoms with van der Waals surface area (Å²) in [6, 6.07) is 18.1. The maximum absolute atomic E-state index is 14.4. The van der Waals surface area contributed by atoms with Gasteiger partial charge in [0.2, 0.25) is 11.8 Å². The normalized spacial score (nSPS) is 12.9. The Morgan fingerprint density at radius 2 is 1.43 bits per heavy atom. The quantitative estimate of drug-likeness (QED) is 0.0375. The van der Waals surface area contributed by atoms with E-state index in [1.54, 1.807) is 23.1 Å². The molecule has 63 heavy (non-hydrogen) atoms. The minimum atomic E-state index is -4.20. The van der Waals surface area contributed by atoms with E-state index < -0.39 is 39.3 Å². The summed E-state index contributed by atoms with van der Waals surface area (Å²) in [6.45, 7) is 2.74. The number of hydrogen-bond acceptors (Lipinski definition) is 8. The monoisotopic (exact) mass is 907 g/mol.